The van der Waals surface area contributed by atoms with Gasteiger partial charge in [0, 0.05) is 37.2 Å². The van der Waals surface area contributed by atoms with Gasteiger partial charge in [-0.1, -0.05) is 13.0 Å². The maximum absolute atomic E-state index is 13.0. The molecule has 5 nitrogen and oxygen atoms in total. The summed E-state index contributed by atoms with van der Waals surface area (Å²) in [5.41, 5.74) is 0.533. The van der Waals surface area contributed by atoms with Crippen LogP contribution in [0.3, 0.4) is 0 Å². The van der Waals surface area contributed by atoms with Gasteiger partial charge in [-0.05, 0) is 37.8 Å². The lowest BCUT2D eigenvalue weighted by atomic mass is 9.65. The van der Waals surface area contributed by atoms with Gasteiger partial charge >= 0.3 is 0 Å². The molecule has 0 N–H and O–H groups in total. The molecule has 2 saturated heterocycles. The van der Waals surface area contributed by atoms with Crippen LogP contribution in [0.5, 0.6) is 0 Å². The van der Waals surface area contributed by atoms with E-state index in [4.69, 9.17) is 0 Å². The summed E-state index contributed by atoms with van der Waals surface area (Å²) in [6.45, 7) is 4.58. The van der Waals surface area contributed by atoms with Gasteiger partial charge in [-0.3, -0.25) is 14.6 Å². The number of carbonyl (C=O) groups excluding carboxylic acids is 2. The van der Waals surface area contributed by atoms with E-state index >= 15 is 0 Å². The fourth-order valence-electron chi connectivity index (χ4n) is 5.33. The van der Waals surface area contributed by atoms with Crippen molar-refractivity contribution in [1.29, 1.82) is 0 Å². The Labute approximate surface area is 136 Å². The van der Waals surface area contributed by atoms with E-state index in [9.17, 15) is 9.59 Å². The number of piperidine rings is 1. The molecule has 122 valence electrons. The van der Waals surface area contributed by atoms with Crippen molar-refractivity contribution >= 4 is 11.8 Å². The maximum atomic E-state index is 13.0. The highest BCUT2D eigenvalue weighted by atomic mass is 16.2. The number of rotatable bonds is 1. The van der Waals surface area contributed by atoms with Gasteiger partial charge in [-0.25, -0.2) is 0 Å². The molecule has 1 aromatic heterocycles. The van der Waals surface area contributed by atoms with Crippen molar-refractivity contribution in [2.24, 2.45) is 5.41 Å². The average molecular weight is 313 g/mol. The van der Waals surface area contributed by atoms with Crippen LogP contribution in [0, 0.1) is 5.41 Å². The molecule has 0 radical (unpaired) electrons. The number of aromatic nitrogens is 1. The van der Waals surface area contributed by atoms with Crippen LogP contribution in [0.25, 0.3) is 0 Å². The second kappa shape index (κ2) is 5.05. The Morgan fingerprint density at radius 2 is 2.04 bits per heavy atom. The molecule has 3 heterocycles. The number of nitrogens with zero attached hydrogens (tertiary/aromatic N) is 3. The van der Waals surface area contributed by atoms with Crippen LogP contribution >= 0.6 is 0 Å². The van der Waals surface area contributed by atoms with E-state index < -0.39 is 0 Å². The maximum Gasteiger partial charge on any atom is 0.272 e. The van der Waals surface area contributed by atoms with Crippen molar-refractivity contribution in [2.45, 2.75) is 57.7 Å². The Kier molecular flexibility index (Phi) is 3.22. The summed E-state index contributed by atoms with van der Waals surface area (Å²) in [7, 11) is 0. The monoisotopic (exact) mass is 313 g/mol. The van der Waals surface area contributed by atoms with Crippen molar-refractivity contribution in [1.82, 2.24) is 14.8 Å². The second-order valence-corrected chi connectivity index (χ2v) is 7.43. The van der Waals surface area contributed by atoms with Gasteiger partial charge in [0.15, 0.2) is 0 Å². The predicted molar refractivity (Wildman–Crippen MR) is 85.7 cm³/mol. The number of carbonyl (C=O) groups is 2. The number of amides is 2. The van der Waals surface area contributed by atoms with E-state index in [0.29, 0.717) is 12.2 Å². The summed E-state index contributed by atoms with van der Waals surface area (Å²) < 4.78 is 0. The van der Waals surface area contributed by atoms with Gasteiger partial charge in [-0.15, -0.1) is 0 Å². The minimum Gasteiger partial charge on any atom is -0.335 e. The number of likely N-dealkylation sites (tertiary alicyclic amines) is 2. The van der Waals surface area contributed by atoms with Crippen molar-refractivity contribution in [3.8, 4) is 0 Å². The average Bonchev–Trinajstić information content (AvgIpc) is 2.84. The third-order valence-electron chi connectivity index (χ3n) is 6.17. The Balaban J connectivity index is 1.72. The molecular formula is C18H23N3O2. The largest absolute Gasteiger partial charge is 0.335 e. The van der Waals surface area contributed by atoms with Crippen LogP contribution < -0.4 is 0 Å². The van der Waals surface area contributed by atoms with E-state index in [2.05, 4.69) is 16.8 Å². The number of pyridine rings is 1. The smallest absolute Gasteiger partial charge is 0.272 e. The first kappa shape index (κ1) is 14.7. The van der Waals surface area contributed by atoms with Crippen LogP contribution in [0.2, 0.25) is 0 Å². The first-order valence-electron chi connectivity index (χ1n) is 8.53. The summed E-state index contributed by atoms with van der Waals surface area (Å²) in [5.74, 6) is 0.161. The van der Waals surface area contributed by atoms with E-state index in [1.54, 1.807) is 19.2 Å². The highest BCUT2D eigenvalue weighted by Crippen LogP contribution is 2.54. The molecule has 3 aliphatic rings. The van der Waals surface area contributed by atoms with Crippen molar-refractivity contribution < 1.29 is 9.59 Å². The highest BCUT2D eigenvalue weighted by Gasteiger charge is 2.61. The normalized spacial score (nSPS) is 35.3. The van der Waals surface area contributed by atoms with Crippen LogP contribution in [-0.4, -0.2) is 51.3 Å². The molecule has 23 heavy (non-hydrogen) atoms. The van der Waals surface area contributed by atoms with Gasteiger partial charge in [0.1, 0.15) is 5.69 Å². The number of hydrogen-bond donors (Lipinski definition) is 0. The summed E-state index contributed by atoms with van der Waals surface area (Å²) in [6, 6.07) is 6.12. The van der Waals surface area contributed by atoms with Gasteiger partial charge in [-0.2, -0.15) is 0 Å². The molecule has 5 heteroatoms. The lowest BCUT2D eigenvalue weighted by Crippen LogP contribution is -2.57. The molecule has 1 aliphatic carbocycles. The Morgan fingerprint density at radius 3 is 2.74 bits per heavy atom. The topological polar surface area (TPSA) is 53.5 Å². The molecule has 0 aromatic carbocycles. The van der Waals surface area contributed by atoms with Crippen molar-refractivity contribution in [3.05, 3.63) is 30.1 Å². The van der Waals surface area contributed by atoms with E-state index in [0.717, 1.165) is 25.7 Å². The summed E-state index contributed by atoms with van der Waals surface area (Å²) in [4.78, 5) is 33.5. The molecule has 4 atom stereocenters. The highest BCUT2D eigenvalue weighted by molar-refractivity contribution is 5.93. The second-order valence-electron chi connectivity index (χ2n) is 7.43. The molecule has 2 bridgehead atoms. The van der Waals surface area contributed by atoms with E-state index in [1.807, 2.05) is 17.0 Å². The predicted octanol–water partition coefficient (Wildman–Crippen LogP) is 2.09. The Bertz CT molecular complexity index is 647. The van der Waals surface area contributed by atoms with Crippen LogP contribution in [-0.2, 0) is 4.79 Å². The Morgan fingerprint density at radius 1 is 1.26 bits per heavy atom. The molecular weight excluding hydrogens is 290 g/mol. The SMILES string of the molecule is CC(=O)N1[C@@H]2CN(C(=O)c3ccccn3)[C@@H]3CCC[C@H]1[C@]3(C)C2. The molecule has 4 rings (SSSR count). The third-order valence-corrected chi connectivity index (χ3v) is 6.17. The lowest BCUT2D eigenvalue weighted by molar-refractivity contribution is -0.132. The molecule has 2 aliphatic heterocycles. The van der Waals surface area contributed by atoms with E-state index in [-0.39, 0.29) is 35.4 Å². The molecule has 2 amide bonds. The first-order chi connectivity index (χ1) is 11.0. The zero-order chi connectivity index (χ0) is 16.2. The molecule has 3 fully saturated rings. The lowest BCUT2D eigenvalue weighted by Gasteiger charge is -2.49. The fraction of sp³-hybridized carbons (Fsp3) is 0.611. The standard InChI is InChI=1S/C18H23N3O2/c1-12(22)21-13-10-18(2)15(7-5-8-16(18)21)20(11-13)17(23)14-6-3-4-9-19-14/h3-4,6,9,13,15-16H,5,7-8,10-11H2,1-2H3/t13-,15+,16-,18+/m0/s1. The van der Waals surface area contributed by atoms with Gasteiger partial charge in [0.25, 0.3) is 5.91 Å². The molecule has 0 spiro atoms. The number of fused-ring (bicyclic) bond motifs is 1. The van der Waals surface area contributed by atoms with Gasteiger partial charge < -0.3 is 9.80 Å². The quantitative estimate of drug-likeness (QED) is 0.798. The van der Waals surface area contributed by atoms with Crippen LogP contribution in [0.15, 0.2) is 24.4 Å². The van der Waals surface area contributed by atoms with Gasteiger partial charge in [0.2, 0.25) is 5.91 Å². The van der Waals surface area contributed by atoms with Crippen LogP contribution in [0.1, 0.15) is 50.0 Å². The summed E-state index contributed by atoms with van der Waals surface area (Å²) in [5, 5.41) is 0. The zero-order valence-corrected chi connectivity index (χ0v) is 13.7. The van der Waals surface area contributed by atoms with E-state index in [1.165, 1.54) is 0 Å². The third kappa shape index (κ3) is 2.02. The zero-order valence-electron chi connectivity index (χ0n) is 13.7. The summed E-state index contributed by atoms with van der Waals surface area (Å²) in [6.07, 6.45) is 5.86. The van der Waals surface area contributed by atoms with Crippen molar-refractivity contribution in [2.75, 3.05) is 6.54 Å². The molecule has 1 aromatic rings. The number of hydrogen-bond acceptors (Lipinski definition) is 3. The Hall–Kier alpha value is -1.91. The summed E-state index contributed by atoms with van der Waals surface area (Å²) >= 11 is 0. The van der Waals surface area contributed by atoms with Crippen LogP contribution in [0.4, 0.5) is 0 Å². The minimum atomic E-state index is 0.0116. The fourth-order valence-corrected chi connectivity index (χ4v) is 5.33. The van der Waals surface area contributed by atoms with Crippen molar-refractivity contribution in [3.63, 3.8) is 0 Å². The first-order valence-corrected chi connectivity index (χ1v) is 8.53. The molecule has 0 unspecified atom stereocenters. The van der Waals surface area contributed by atoms with Gasteiger partial charge in [0.05, 0.1) is 6.04 Å². The minimum absolute atomic E-state index is 0.0116. The molecule has 1 saturated carbocycles.